The molecular formula is C16H17N3O2. The fraction of sp³-hybridized carbons (Fsp3) is 0.125. The molecule has 1 amide bonds. The molecule has 108 valence electrons. The van der Waals surface area contributed by atoms with Gasteiger partial charge >= 0.3 is 0 Å². The van der Waals surface area contributed by atoms with Crippen LogP contribution in [0.1, 0.15) is 22.8 Å². The van der Waals surface area contributed by atoms with Crippen molar-refractivity contribution in [1.82, 2.24) is 5.43 Å². The predicted octanol–water partition coefficient (Wildman–Crippen LogP) is 2.59. The molecule has 0 radical (unpaired) electrons. The van der Waals surface area contributed by atoms with Gasteiger partial charge in [0, 0.05) is 18.3 Å². The Bertz CT molecular complexity index is 681. The van der Waals surface area contributed by atoms with E-state index in [0.717, 1.165) is 5.69 Å². The number of hydrazone groups is 1. The Hall–Kier alpha value is -2.82. The summed E-state index contributed by atoms with van der Waals surface area (Å²) >= 11 is 0. The predicted molar refractivity (Wildman–Crippen MR) is 83.8 cm³/mol. The fourth-order valence-electron chi connectivity index (χ4n) is 1.93. The topological polar surface area (TPSA) is 73.7 Å². The molecule has 2 aromatic carbocycles. The van der Waals surface area contributed by atoms with E-state index in [0.29, 0.717) is 16.8 Å². The molecule has 0 unspecified atom stereocenters. The van der Waals surface area contributed by atoms with Crippen molar-refractivity contribution in [2.75, 3.05) is 12.4 Å². The smallest absolute Gasteiger partial charge is 0.273 e. The van der Waals surface area contributed by atoms with E-state index in [1.807, 2.05) is 12.1 Å². The van der Waals surface area contributed by atoms with Gasteiger partial charge in [0.2, 0.25) is 0 Å². The number of para-hydroxylation sites is 2. The average Bonchev–Trinajstić information content (AvgIpc) is 2.52. The minimum absolute atomic E-state index is 0.128. The van der Waals surface area contributed by atoms with Gasteiger partial charge in [0.15, 0.2) is 0 Å². The maximum absolute atomic E-state index is 12.1. The monoisotopic (exact) mass is 283 g/mol. The number of benzene rings is 2. The minimum Gasteiger partial charge on any atom is -0.507 e. The molecule has 2 rings (SSSR count). The molecule has 21 heavy (non-hydrogen) atoms. The van der Waals surface area contributed by atoms with Crippen molar-refractivity contribution in [3.8, 4) is 5.75 Å². The van der Waals surface area contributed by atoms with Crippen molar-refractivity contribution in [3.63, 3.8) is 0 Å². The van der Waals surface area contributed by atoms with Crippen LogP contribution >= 0.6 is 0 Å². The number of nitrogens with zero attached hydrogens (tertiary/aromatic N) is 1. The van der Waals surface area contributed by atoms with Gasteiger partial charge in [-0.25, -0.2) is 5.43 Å². The molecule has 0 aliphatic rings. The molecule has 0 spiro atoms. The summed E-state index contributed by atoms with van der Waals surface area (Å²) in [5.74, 6) is -0.182. The van der Waals surface area contributed by atoms with Gasteiger partial charge in [-0.2, -0.15) is 5.10 Å². The Balaban J connectivity index is 2.17. The van der Waals surface area contributed by atoms with E-state index in [1.54, 1.807) is 50.4 Å². The molecule has 0 bridgehead atoms. The number of amides is 1. The number of phenolic OH excluding ortho intramolecular Hbond substituents is 1. The van der Waals surface area contributed by atoms with Gasteiger partial charge in [0.25, 0.3) is 5.91 Å². The maximum atomic E-state index is 12.1. The van der Waals surface area contributed by atoms with Crippen LogP contribution in [0.25, 0.3) is 0 Å². The summed E-state index contributed by atoms with van der Waals surface area (Å²) in [7, 11) is 1.75. The van der Waals surface area contributed by atoms with Crippen LogP contribution in [-0.2, 0) is 0 Å². The highest BCUT2D eigenvalue weighted by Crippen LogP contribution is 2.17. The summed E-state index contributed by atoms with van der Waals surface area (Å²) in [6, 6.07) is 14.0. The molecule has 5 nitrogen and oxygen atoms in total. The zero-order chi connectivity index (χ0) is 15.2. The van der Waals surface area contributed by atoms with Crippen molar-refractivity contribution in [1.29, 1.82) is 0 Å². The second kappa shape index (κ2) is 6.56. The average molecular weight is 283 g/mol. The SMILES string of the molecule is CNc1ccccc1C(=O)N/N=C(/C)c1ccccc1O. The van der Waals surface area contributed by atoms with Crippen LogP contribution < -0.4 is 10.7 Å². The summed E-state index contributed by atoms with van der Waals surface area (Å²) in [5.41, 5.74) is 4.85. The van der Waals surface area contributed by atoms with E-state index in [2.05, 4.69) is 15.8 Å². The van der Waals surface area contributed by atoms with Crippen LogP contribution in [0, 0.1) is 0 Å². The van der Waals surface area contributed by atoms with Gasteiger partial charge in [0.1, 0.15) is 5.75 Å². The summed E-state index contributed by atoms with van der Waals surface area (Å²) in [5, 5.41) is 16.7. The molecule has 0 fully saturated rings. The summed E-state index contributed by atoms with van der Waals surface area (Å²) in [6.07, 6.45) is 0. The first-order valence-corrected chi connectivity index (χ1v) is 6.53. The largest absolute Gasteiger partial charge is 0.507 e. The van der Waals surface area contributed by atoms with Gasteiger partial charge < -0.3 is 10.4 Å². The highest BCUT2D eigenvalue weighted by Gasteiger charge is 2.10. The third-order valence-electron chi connectivity index (χ3n) is 3.06. The molecule has 0 saturated carbocycles. The van der Waals surface area contributed by atoms with Crippen molar-refractivity contribution in [2.45, 2.75) is 6.92 Å². The number of hydrogen-bond acceptors (Lipinski definition) is 4. The number of aromatic hydroxyl groups is 1. The highest BCUT2D eigenvalue weighted by atomic mass is 16.3. The number of carbonyl (C=O) groups is 1. The molecule has 0 aliphatic carbocycles. The van der Waals surface area contributed by atoms with Gasteiger partial charge in [-0.3, -0.25) is 4.79 Å². The zero-order valence-electron chi connectivity index (χ0n) is 11.9. The van der Waals surface area contributed by atoms with Crippen molar-refractivity contribution < 1.29 is 9.90 Å². The second-order valence-corrected chi connectivity index (χ2v) is 4.45. The molecular weight excluding hydrogens is 266 g/mol. The Morgan fingerprint density at radius 3 is 2.33 bits per heavy atom. The van der Waals surface area contributed by atoms with Crippen LogP contribution in [0.15, 0.2) is 53.6 Å². The second-order valence-electron chi connectivity index (χ2n) is 4.45. The highest BCUT2D eigenvalue weighted by molar-refractivity contribution is 6.03. The molecule has 0 saturated heterocycles. The molecule has 0 aromatic heterocycles. The molecule has 0 heterocycles. The van der Waals surface area contributed by atoms with E-state index in [1.165, 1.54) is 0 Å². The number of carbonyl (C=O) groups excluding carboxylic acids is 1. The minimum atomic E-state index is -0.310. The van der Waals surface area contributed by atoms with Gasteiger partial charge in [-0.1, -0.05) is 24.3 Å². The lowest BCUT2D eigenvalue weighted by Crippen LogP contribution is -2.20. The third kappa shape index (κ3) is 3.39. The van der Waals surface area contributed by atoms with E-state index < -0.39 is 0 Å². The summed E-state index contributed by atoms with van der Waals surface area (Å²) in [4.78, 5) is 12.1. The molecule has 2 aromatic rings. The van der Waals surface area contributed by atoms with Gasteiger partial charge in [0.05, 0.1) is 11.3 Å². The van der Waals surface area contributed by atoms with Crippen LogP contribution in [0.5, 0.6) is 5.75 Å². The van der Waals surface area contributed by atoms with Crippen LogP contribution in [0.3, 0.4) is 0 Å². The number of rotatable bonds is 4. The quantitative estimate of drug-likeness (QED) is 0.596. The number of hydrogen-bond donors (Lipinski definition) is 3. The lowest BCUT2D eigenvalue weighted by Gasteiger charge is -2.08. The van der Waals surface area contributed by atoms with Crippen LogP contribution in [-0.4, -0.2) is 23.8 Å². The first-order chi connectivity index (χ1) is 10.1. The summed E-state index contributed by atoms with van der Waals surface area (Å²) in [6.45, 7) is 1.72. The van der Waals surface area contributed by atoms with E-state index in [9.17, 15) is 9.90 Å². The van der Waals surface area contributed by atoms with Crippen LogP contribution in [0.4, 0.5) is 5.69 Å². The molecule has 0 aliphatic heterocycles. The van der Waals surface area contributed by atoms with Crippen LogP contribution in [0.2, 0.25) is 0 Å². The summed E-state index contributed by atoms with van der Waals surface area (Å²) < 4.78 is 0. The standard InChI is InChI=1S/C16H17N3O2/c1-11(12-7-4-6-10-15(12)20)18-19-16(21)13-8-3-5-9-14(13)17-2/h3-10,17,20H,1-2H3,(H,19,21)/b18-11-. The zero-order valence-corrected chi connectivity index (χ0v) is 11.9. The Labute approximate surface area is 123 Å². The molecule has 0 atom stereocenters. The van der Waals surface area contributed by atoms with Gasteiger partial charge in [-0.15, -0.1) is 0 Å². The normalized spacial score (nSPS) is 11.0. The van der Waals surface area contributed by atoms with Gasteiger partial charge in [-0.05, 0) is 31.2 Å². The lowest BCUT2D eigenvalue weighted by molar-refractivity contribution is 0.0955. The molecule has 5 heteroatoms. The maximum Gasteiger partial charge on any atom is 0.273 e. The first-order valence-electron chi connectivity index (χ1n) is 6.53. The first kappa shape index (κ1) is 14.6. The van der Waals surface area contributed by atoms with E-state index in [4.69, 9.17) is 0 Å². The number of anilines is 1. The third-order valence-corrected chi connectivity index (χ3v) is 3.06. The number of nitrogens with one attached hydrogen (secondary N) is 2. The van der Waals surface area contributed by atoms with Crippen molar-refractivity contribution in [3.05, 3.63) is 59.7 Å². The Morgan fingerprint density at radius 2 is 1.67 bits per heavy atom. The Morgan fingerprint density at radius 1 is 1.05 bits per heavy atom. The van der Waals surface area contributed by atoms with Crippen molar-refractivity contribution in [2.24, 2.45) is 5.10 Å². The van der Waals surface area contributed by atoms with Crippen molar-refractivity contribution >= 4 is 17.3 Å². The fourth-order valence-corrected chi connectivity index (χ4v) is 1.93. The molecule has 3 N–H and O–H groups in total. The Kier molecular flexibility index (Phi) is 4.56. The van der Waals surface area contributed by atoms with E-state index in [-0.39, 0.29) is 11.7 Å². The lowest BCUT2D eigenvalue weighted by atomic mass is 10.1. The van der Waals surface area contributed by atoms with E-state index >= 15 is 0 Å². The number of phenols is 1.